The number of sulfone groups is 1. The number of likely N-dealkylation sites (tertiary alicyclic amines) is 1. The van der Waals surface area contributed by atoms with Crippen molar-refractivity contribution in [3.05, 3.63) is 0 Å². The van der Waals surface area contributed by atoms with E-state index in [4.69, 9.17) is 5.73 Å². The molecule has 0 amide bonds. The van der Waals surface area contributed by atoms with Crippen LogP contribution in [0.4, 0.5) is 0 Å². The van der Waals surface area contributed by atoms with Crippen LogP contribution in [0.25, 0.3) is 0 Å². The van der Waals surface area contributed by atoms with Gasteiger partial charge in [0.25, 0.3) is 0 Å². The van der Waals surface area contributed by atoms with Gasteiger partial charge in [0, 0.05) is 18.8 Å². The van der Waals surface area contributed by atoms with Gasteiger partial charge in [-0.3, -0.25) is 0 Å². The molecule has 1 atom stereocenters. The summed E-state index contributed by atoms with van der Waals surface area (Å²) < 4.78 is 22.6. The van der Waals surface area contributed by atoms with E-state index in [1.165, 1.54) is 6.42 Å². The zero-order chi connectivity index (χ0) is 11.3. The SMILES string of the molecule is CCS(=O)(=O)CCN1CCC(CCN)C1. The van der Waals surface area contributed by atoms with Crippen molar-refractivity contribution in [1.29, 1.82) is 0 Å². The molecular formula is C10H22N2O2S. The molecule has 1 heterocycles. The van der Waals surface area contributed by atoms with Crippen molar-refractivity contribution in [2.24, 2.45) is 11.7 Å². The molecule has 0 aromatic carbocycles. The van der Waals surface area contributed by atoms with E-state index >= 15 is 0 Å². The summed E-state index contributed by atoms with van der Waals surface area (Å²) in [6, 6.07) is 0. The van der Waals surface area contributed by atoms with E-state index < -0.39 is 9.84 Å². The molecule has 0 aromatic rings. The molecule has 1 aliphatic rings. The quantitative estimate of drug-likeness (QED) is 0.707. The van der Waals surface area contributed by atoms with Crippen LogP contribution in [0.15, 0.2) is 0 Å². The highest BCUT2D eigenvalue weighted by molar-refractivity contribution is 7.91. The minimum atomic E-state index is -2.80. The van der Waals surface area contributed by atoms with Crippen LogP contribution in [-0.4, -0.2) is 51.0 Å². The van der Waals surface area contributed by atoms with Crippen LogP contribution in [0, 0.1) is 5.92 Å². The third kappa shape index (κ3) is 4.49. The van der Waals surface area contributed by atoms with Crippen LogP contribution in [0.5, 0.6) is 0 Å². The average Bonchev–Trinajstić information content (AvgIpc) is 2.64. The highest BCUT2D eigenvalue weighted by Gasteiger charge is 2.22. The first-order valence-corrected chi connectivity index (χ1v) is 7.52. The maximum absolute atomic E-state index is 11.3. The van der Waals surface area contributed by atoms with Crippen molar-refractivity contribution in [3.8, 4) is 0 Å². The summed E-state index contributed by atoms with van der Waals surface area (Å²) in [5.41, 5.74) is 5.50. The second kappa shape index (κ2) is 5.82. The minimum Gasteiger partial charge on any atom is -0.330 e. The Kier molecular flexibility index (Phi) is 5.02. The van der Waals surface area contributed by atoms with Crippen molar-refractivity contribution in [1.82, 2.24) is 4.90 Å². The smallest absolute Gasteiger partial charge is 0.151 e. The molecule has 1 aliphatic heterocycles. The lowest BCUT2D eigenvalue weighted by atomic mass is 10.1. The third-order valence-corrected chi connectivity index (χ3v) is 4.79. The molecule has 0 radical (unpaired) electrons. The summed E-state index contributed by atoms with van der Waals surface area (Å²) in [7, 11) is -2.80. The summed E-state index contributed by atoms with van der Waals surface area (Å²) in [6.07, 6.45) is 2.24. The fourth-order valence-corrected chi connectivity index (χ4v) is 2.82. The average molecular weight is 234 g/mol. The molecule has 2 N–H and O–H groups in total. The summed E-state index contributed by atoms with van der Waals surface area (Å²) >= 11 is 0. The van der Waals surface area contributed by atoms with Crippen molar-refractivity contribution < 1.29 is 8.42 Å². The number of nitrogens with two attached hydrogens (primary N) is 1. The van der Waals surface area contributed by atoms with Crippen molar-refractivity contribution >= 4 is 9.84 Å². The molecule has 0 saturated carbocycles. The first-order valence-electron chi connectivity index (χ1n) is 5.70. The number of nitrogens with zero attached hydrogens (tertiary/aromatic N) is 1. The molecule has 0 spiro atoms. The van der Waals surface area contributed by atoms with Crippen molar-refractivity contribution in [2.45, 2.75) is 19.8 Å². The van der Waals surface area contributed by atoms with E-state index in [1.807, 2.05) is 0 Å². The van der Waals surface area contributed by atoms with Gasteiger partial charge in [-0.25, -0.2) is 8.42 Å². The second-order valence-corrected chi connectivity index (χ2v) is 6.74. The molecule has 15 heavy (non-hydrogen) atoms. The maximum Gasteiger partial charge on any atom is 0.151 e. The topological polar surface area (TPSA) is 63.4 Å². The van der Waals surface area contributed by atoms with E-state index in [-0.39, 0.29) is 5.75 Å². The van der Waals surface area contributed by atoms with E-state index in [1.54, 1.807) is 6.92 Å². The maximum atomic E-state index is 11.3. The van der Waals surface area contributed by atoms with Crippen LogP contribution in [0.3, 0.4) is 0 Å². The van der Waals surface area contributed by atoms with Crippen LogP contribution in [0.1, 0.15) is 19.8 Å². The fourth-order valence-electron chi connectivity index (χ4n) is 2.00. The first kappa shape index (κ1) is 12.9. The minimum absolute atomic E-state index is 0.257. The number of rotatable bonds is 6. The van der Waals surface area contributed by atoms with Crippen LogP contribution < -0.4 is 5.73 Å². The second-order valence-electron chi connectivity index (χ2n) is 4.27. The lowest BCUT2D eigenvalue weighted by Crippen LogP contribution is -2.28. The number of hydrogen-bond donors (Lipinski definition) is 1. The summed E-state index contributed by atoms with van der Waals surface area (Å²) in [5, 5.41) is 0. The molecule has 0 aliphatic carbocycles. The fraction of sp³-hybridized carbons (Fsp3) is 1.00. The van der Waals surface area contributed by atoms with Gasteiger partial charge in [0.15, 0.2) is 9.84 Å². The Morgan fingerprint density at radius 3 is 2.80 bits per heavy atom. The zero-order valence-corrected chi connectivity index (χ0v) is 10.3. The molecule has 5 heteroatoms. The highest BCUT2D eigenvalue weighted by atomic mass is 32.2. The van der Waals surface area contributed by atoms with E-state index in [9.17, 15) is 8.42 Å². The van der Waals surface area contributed by atoms with Gasteiger partial charge in [0.05, 0.1) is 5.75 Å². The molecule has 90 valence electrons. The van der Waals surface area contributed by atoms with Gasteiger partial charge in [-0.2, -0.15) is 0 Å². The van der Waals surface area contributed by atoms with Gasteiger partial charge in [0.1, 0.15) is 0 Å². The lowest BCUT2D eigenvalue weighted by Gasteiger charge is -2.15. The van der Waals surface area contributed by atoms with Crippen molar-refractivity contribution in [2.75, 3.05) is 37.7 Å². The monoisotopic (exact) mass is 234 g/mol. The third-order valence-electron chi connectivity index (χ3n) is 3.10. The molecule has 0 bridgehead atoms. The largest absolute Gasteiger partial charge is 0.330 e. The molecule has 1 saturated heterocycles. The normalized spacial score (nSPS) is 23.5. The van der Waals surface area contributed by atoms with Crippen LogP contribution in [-0.2, 0) is 9.84 Å². The van der Waals surface area contributed by atoms with Gasteiger partial charge in [-0.15, -0.1) is 0 Å². The van der Waals surface area contributed by atoms with E-state index in [0.29, 0.717) is 18.2 Å². The Morgan fingerprint density at radius 2 is 2.20 bits per heavy atom. The Bertz CT molecular complexity index is 277. The molecule has 1 unspecified atom stereocenters. The summed E-state index contributed by atoms with van der Waals surface area (Å²) in [4.78, 5) is 2.24. The zero-order valence-electron chi connectivity index (χ0n) is 9.48. The van der Waals surface area contributed by atoms with Gasteiger partial charge in [0.2, 0.25) is 0 Å². The first-order chi connectivity index (χ1) is 7.07. The Hall–Kier alpha value is -0.130. The lowest BCUT2D eigenvalue weighted by molar-refractivity contribution is 0.339. The van der Waals surface area contributed by atoms with Gasteiger partial charge in [-0.05, 0) is 31.8 Å². The molecule has 1 rings (SSSR count). The molecular weight excluding hydrogens is 212 g/mol. The molecule has 1 fully saturated rings. The van der Waals surface area contributed by atoms with E-state index in [0.717, 1.165) is 26.1 Å². The van der Waals surface area contributed by atoms with Gasteiger partial charge in [-0.1, -0.05) is 6.92 Å². The molecule has 4 nitrogen and oxygen atoms in total. The van der Waals surface area contributed by atoms with E-state index in [2.05, 4.69) is 4.90 Å². The summed E-state index contributed by atoms with van der Waals surface area (Å²) in [5.74, 6) is 1.24. The highest BCUT2D eigenvalue weighted by Crippen LogP contribution is 2.18. The summed E-state index contributed by atoms with van der Waals surface area (Å²) in [6.45, 7) is 5.19. The van der Waals surface area contributed by atoms with Gasteiger partial charge < -0.3 is 10.6 Å². The van der Waals surface area contributed by atoms with Gasteiger partial charge >= 0.3 is 0 Å². The standard InChI is InChI=1S/C10H22N2O2S/c1-2-15(13,14)8-7-12-6-4-10(9-12)3-5-11/h10H,2-9,11H2,1H3. The number of hydrogen-bond acceptors (Lipinski definition) is 4. The predicted molar refractivity (Wildman–Crippen MR) is 62.5 cm³/mol. The van der Waals surface area contributed by atoms with Crippen LogP contribution >= 0.6 is 0 Å². The Morgan fingerprint density at radius 1 is 1.47 bits per heavy atom. The Balaban J connectivity index is 2.25. The van der Waals surface area contributed by atoms with Crippen molar-refractivity contribution in [3.63, 3.8) is 0 Å². The van der Waals surface area contributed by atoms with Crippen LogP contribution in [0.2, 0.25) is 0 Å². The Labute approximate surface area is 92.7 Å². The predicted octanol–water partition coefficient (Wildman–Crippen LogP) is 0.0918. The molecule has 0 aromatic heterocycles.